The lowest BCUT2D eigenvalue weighted by Gasteiger charge is -2.01. The van der Waals surface area contributed by atoms with E-state index in [1.54, 1.807) is 6.20 Å². The van der Waals surface area contributed by atoms with E-state index in [1.165, 1.54) is 0 Å². The summed E-state index contributed by atoms with van der Waals surface area (Å²) in [7, 11) is 0. The third-order valence-corrected chi connectivity index (χ3v) is 1.60. The van der Waals surface area contributed by atoms with Crippen molar-refractivity contribution >= 4 is 5.91 Å². The zero-order valence-corrected chi connectivity index (χ0v) is 8.46. The second-order valence-electron chi connectivity index (χ2n) is 2.92. The Kier molecular flexibility index (Phi) is 4.12. The zero-order chi connectivity index (χ0) is 10.4. The lowest BCUT2D eigenvalue weighted by Crippen LogP contribution is -2.33. The molecule has 0 saturated carbocycles. The van der Waals surface area contributed by atoms with Crippen LogP contribution in [0, 0.1) is 6.92 Å². The molecule has 0 aliphatic rings. The van der Waals surface area contributed by atoms with Gasteiger partial charge in [-0.1, -0.05) is 0 Å². The van der Waals surface area contributed by atoms with Crippen LogP contribution in [0.1, 0.15) is 18.6 Å². The molecule has 1 aromatic rings. The minimum Gasteiger partial charge on any atom is -0.445 e. The van der Waals surface area contributed by atoms with Gasteiger partial charge in [0, 0.05) is 6.54 Å². The summed E-state index contributed by atoms with van der Waals surface area (Å²) in [6, 6.07) is 0. The van der Waals surface area contributed by atoms with Crippen LogP contribution >= 0.6 is 0 Å². The maximum Gasteiger partial charge on any atom is 0.233 e. The van der Waals surface area contributed by atoms with E-state index in [-0.39, 0.29) is 12.5 Å². The highest BCUT2D eigenvalue weighted by atomic mass is 16.4. The van der Waals surface area contributed by atoms with E-state index in [2.05, 4.69) is 15.6 Å². The average molecular weight is 197 g/mol. The van der Waals surface area contributed by atoms with E-state index in [9.17, 15) is 4.79 Å². The van der Waals surface area contributed by atoms with Crippen LogP contribution in [-0.2, 0) is 11.3 Å². The van der Waals surface area contributed by atoms with Crippen LogP contribution in [0.25, 0.3) is 0 Å². The summed E-state index contributed by atoms with van der Waals surface area (Å²) in [5.41, 5.74) is 0. The number of rotatable bonds is 5. The second kappa shape index (κ2) is 5.39. The summed E-state index contributed by atoms with van der Waals surface area (Å²) in [6.07, 6.45) is 1.66. The quantitative estimate of drug-likeness (QED) is 0.708. The van der Waals surface area contributed by atoms with Crippen LogP contribution in [0.15, 0.2) is 10.6 Å². The van der Waals surface area contributed by atoms with E-state index in [0.717, 1.165) is 5.76 Å². The van der Waals surface area contributed by atoms with Gasteiger partial charge < -0.3 is 9.73 Å². The summed E-state index contributed by atoms with van der Waals surface area (Å²) in [5.74, 6) is 1.36. The molecule has 0 aliphatic heterocycles. The predicted molar refractivity (Wildman–Crippen MR) is 51.6 cm³/mol. The molecule has 0 unspecified atom stereocenters. The number of hydrogen-bond acceptors (Lipinski definition) is 4. The molecule has 1 aromatic heterocycles. The molecule has 0 spiro atoms. The van der Waals surface area contributed by atoms with Crippen molar-refractivity contribution in [2.24, 2.45) is 0 Å². The molecule has 0 aromatic carbocycles. The molecule has 0 aliphatic carbocycles. The fourth-order valence-electron chi connectivity index (χ4n) is 1.03. The van der Waals surface area contributed by atoms with Crippen molar-refractivity contribution in [2.75, 3.05) is 13.1 Å². The van der Waals surface area contributed by atoms with Gasteiger partial charge in [-0.25, -0.2) is 4.98 Å². The Balaban J connectivity index is 2.18. The lowest BCUT2D eigenvalue weighted by molar-refractivity contribution is -0.120. The number of nitrogens with zero attached hydrogens (tertiary/aromatic N) is 1. The van der Waals surface area contributed by atoms with Gasteiger partial charge in [0.2, 0.25) is 11.8 Å². The maximum absolute atomic E-state index is 11.0. The fraction of sp³-hybridized carbons (Fsp3) is 0.556. The van der Waals surface area contributed by atoms with Crippen LogP contribution < -0.4 is 10.6 Å². The molecule has 5 nitrogen and oxygen atoms in total. The minimum absolute atomic E-state index is 0.0178. The first-order valence-electron chi connectivity index (χ1n) is 4.61. The number of likely N-dealkylation sites (N-methyl/N-ethyl adjacent to an activating group) is 1. The molecular weight excluding hydrogens is 182 g/mol. The van der Waals surface area contributed by atoms with Gasteiger partial charge >= 0.3 is 0 Å². The summed E-state index contributed by atoms with van der Waals surface area (Å²) in [5, 5.41) is 5.62. The summed E-state index contributed by atoms with van der Waals surface area (Å²) in [4.78, 5) is 15.0. The van der Waals surface area contributed by atoms with Crippen molar-refractivity contribution in [3.8, 4) is 0 Å². The van der Waals surface area contributed by atoms with Gasteiger partial charge in [-0.15, -0.1) is 0 Å². The maximum atomic E-state index is 11.0. The first kappa shape index (κ1) is 10.7. The topological polar surface area (TPSA) is 67.2 Å². The first-order chi connectivity index (χ1) is 6.72. The minimum atomic E-state index is -0.0178. The highest BCUT2D eigenvalue weighted by Crippen LogP contribution is 1.99. The van der Waals surface area contributed by atoms with Gasteiger partial charge in [0.15, 0.2) is 0 Å². The normalized spacial score (nSPS) is 10.1. The van der Waals surface area contributed by atoms with Gasteiger partial charge in [-0.05, 0) is 13.8 Å². The first-order valence-corrected chi connectivity index (χ1v) is 4.61. The van der Waals surface area contributed by atoms with Crippen LogP contribution in [-0.4, -0.2) is 24.0 Å². The Morgan fingerprint density at radius 1 is 1.64 bits per heavy atom. The number of hydrogen-bond donors (Lipinski definition) is 2. The standard InChI is InChI=1S/C9H15N3O2/c1-3-11-8(13)5-10-6-9-12-4-7(2)14-9/h4,10H,3,5-6H2,1-2H3,(H,11,13). The van der Waals surface area contributed by atoms with E-state index in [1.807, 2.05) is 13.8 Å². The van der Waals surface area contributed by atoms with Crippen LogP contribution in [0.3, 0.4) is 0 Å². The van der Waals surface area contributed by atoms with Crippen LogP contribution in [0.4, 0.5) is 0 Å². The van der Waals surface area contributed by atoms with Crippen molar-refractivity contribution in [3.63, 3.8) is 0 Å². The monoisotopic (exact) mass is 197 g/mol. The number of oxazole rings is 1. The molecule has 78 valence electrons. The second-order valence-corrected chi connectivity index (χ2v) is 2.92. The van der Waals surface area contributed by atoms with Gasteiger partial charge in [0.1, 0.15) is 5.76 Å². The Morgan fingerprint density at radius 3 is 3.00 bits per heavy atom. The summed E-state index contributed by atoms with van der Waals surface area (Å²) >= 11 is 0. The van der Waals surface area contributed by atoms with Crippen molar-refractivity contribution in [1.82, 2.24) is 15.6 Å². The predicted octanol–water partition coefficient (Wildman–Crippen LogP) is 0.209. The smallest absolute Gasteiger partial charge is 0.233 e. The summed E-state index contributed by atoms with van der Waals surface area (Å²) < 4.78 is 5.22. The zero-order valence-electron chi connectivity index (χ0n) is 8.46. The number of nitrogens with one attached hydrogen (secondary N) is 2. The van der Waals surface area contributed by atoms with Gasteiger partial charge in [0.05, 0.1) is 19.3 Å². The average Bonchev–Trinajstić information content (AvgIpc) is 2.52. The molecular formula is C9H15N3O2. The highest BCUT2D eigenvalue weighted by Gasteiger charge is 2.01. The number of amides is 1. The molecule has 1 amide bonds. The Hall–Kier alpha value is -1.36. The Labute approximate surface area is 82.9 Å². The lowest BCUT2D eigenvalue weighted by atomic mass is 10.5. The number of carbonyl (C=O) groups is 1. The Morgan fingerprint density at radius 2 is 2.43 bits per heavy atom. The molecule has 0 fully saturated rings. The van der Waals surface area contributed by atoms with Crippen molar-refractivity contribution < 1.29 is 9.21 Å². The van der Waals surface area contributed by atoms with Crippen molar-refractivity contribution in [3.05, 3.63) is 17.8 Å². The van der Waals surface area contributed by atoms with Crippen LogP contribution in [0.5, 0.6) is 0 Å². The van der Waals surface area contributed by atoms with E-state index < -0.39 is 0 Å². The molecule has 0 radical (unpaired) electrons. The number of aromatic nitrogens is 1. The fourth-order valence-corrected chi connectivity index (χ4v) is 1.03. The largest absolute Gasteiger partial charge is 0.445 e. The third kappa shape index (κ3) is 3.57. The molecule has 14 heavy (non-hydrogen) atoms. The molecule has 0 saturated heterocycles. The van der Waals surface area contributed by atoms with E-state index in [0.29, 0.717) is 19.0 Å². The SMILES string of the molecule is CCNC(=O)CNCc1ncc(C)o1. The number of carbonyl (C=O) groups excluding carboxylic acids is 1. The highest BCUT2D eigenvalue weighted by molar-refractivity contribution is 5.77. The summed E-state index contributed by atoms with van der Waals surface area (Å²) in [6.45, 7) is 5.13. The van der Waals surface area contributed by atoms with E-state index >= 15 is 0 Å². The third-order valence-electron chi connectivity index (χ3n) is 1.60. The molecule has 1 rings (SSSR count). The van der Waals surface area contributed by atoms with E-state index in [4.69, 9.17) is 4.42 Å². The molecule has 0 bridgehead atoms. The van der Waals surface area contributed by atoms with Crippen molar-refractivity contribution in [1.29, 1.82) is 0 Å². The van der Waals surface area contributed by atoms with Crippen molar-refractivity contribution in [2.45, 2.75) is 20.4 Å². The van der Waals surface area contributed by atoms with Gasteiger partial charge in [-0.2, -0.15) is 0 Å². The van der Waals surface area contributed by atoms with Crippen LogP contribution in [0.2, 0.25) is 0 Å². The Bertz CT molecular complexity index is 296. The van der Waals surface area contributed by atoms with Gasteiger partial charge in [-0.3, -0.25) is 10.1 Å². The van der Waals surface area contributed by atoms with Gasteiger partial charge in [0.25, 0.3) is 0 Å². The molecule has 1 heterocycles. The molecule has 5 heteroatoms. The molecule has 0 atom stereocenters. The number of aryl methyl sites for hydroxylation is 1. The molecule has 2 N–H and O–H groups in total.